The van der Waals surface area contributed by atoms with E-state index in [1.165, 1.54) is 0 Å². The predicted octanol–water partition coefficient (Wildman–Crippen LogP) is 2.19. The lowest BCUT2D eigenvalue weighted by Crippen LogP contribution is -2.18. The fourth-order valence-electron chi connectivity index (χ4n) is 1.36. The standard InChI is InChI=1S/C11H13BrN2O2/c1-7-8(5-13)10(14-6-9(7)12)4-11(15-2)16-3/h6,11H,4H2,1-3H3. The molecule has 0 spiro atoms. The van der Waals surface area contributed by atoms with Crippen LogP contribution in [0.25, 0.3) is 0 Å². The summed E-state index contributed by atoms with van der Waals surface area (Å²) in [6.07, 6.45) is 1.78. The maximum atomic E-state index is 9.09. The molecule has 0 aliphatic carbocycles. The third kappa shape index (κ3) is 2.79. The zero-order valence-corrected chi connectivity index (χ0v) is 11.0. The highest BCUT2D eigenvalue weighted by molar-refractivity contribution is 9.10. The molecular formula is C11H13BrN2O2. The van der Waals surface area contributed by atoms with Gasteiger partial charge in [0.2, 0.25) is 0 Å². The van der Waals surface area contributed by atoms with Crippen molar-refractivity contribution in [3.8, 4) is 6.07 Å². The van der Waals surface area contributed by atoms with Gasteiger partial charge in [-0.25, -0.2) is 0 Å². The molecule has 0 unspecified atom stereocenters. The van der Waals surface area contributed by atoms with E-state index in [0.29, 0.717) is 17.7 Å². The summed E-state index contributed by atoms with van der Waals surface area (Å²) >= 11 is 3.35. The van der Waals surface area contributed by atoms with Gasteiger partial charge in [-0.1, -0.05) is 0 Å². The first-order valence-corrected chi connectivity index (χ1v) is 5.53. The molecule has 1 aromatic heterocycles. The molecule has 0 aliphatic rings. The second-order valence-electron chi connectivity index (χ2n) is 3.27. The van der Waals surface area contributed by atoms with Crippen molar-refractivity contribution in [2.45, 2.75) is 19.6 Å². The Morgan fingerprint density at radius 1 is 1.50 bits per heavy atom. The summed E-state index contributed by atoms with van der Waals surface area (Å²) in [5.74, 6) is 0. The Balaban J connectivity index is 3.06. The molecule has 1 aromatic rings. The number of nitriles is 1. The van der Waals surface area contributed by atoms with Gasteiger partial charge in [-0.2, -0.15) is 5.26 Å². The van der Waals surface area contributed by atoms with Crippen LogP contribution in [0.3, 0.4) is 0 Å². The van der Waals surface area contributed by atoms with Crippen molar-refractivity contribution in [2.24, 2.45) is 0 Å². The van der Waals surface area contributed by atoms with Gasteiger partial charge in [0.05, 0.1) is 11.3 Å². The van der Waals surface area contributed by atoms with Gasteiger partial charge in [0.25, 0.3) is 0 Å². The van der Waals surface area contributed by atoms with E-state index in [4.69, 9.17) is 14.7 Å². The van der Waals surface area contributed by atoms with Gasteiger partial charge in [-0.15, -0.1) is 0 Å². The van der Waals surface area contributed by atoms with Crippen molar-refractivity contribution in [2.75, 3.05) is 14.2 Å². The Bertz CT molecular complexity index is 411. The van der Waals surface area contributed by atoms with Crippen LogP contribution in [-0.2, 0) is 15.9 Å². The first-order chi connectivity index (χ1) is 7.63. The van der Waals surface area contributed by atoms with Gasteiger partial charge >= 0.3 is 0 Å². The average Bonchev–Trinajstić information content (AvgIpc) is 2.30. The minimum Gasteiger partial charge on any atom is -0.356 e. The molecule has 86 valence electrons. The SMILES string of the molecule is COC(Cc1ncc(Br)c(C)c1C#N)OC. The van der Waals surface area contributed by atoms with Crippen molar-refractivity contribution in [3.63, 3.8) is 0 Å². The number of methoxy groups -OCH3 is 2. The molecule has 0 bridgehead atoms. The molecule has 5 heteroatoms. The molecule has 0 amide bonds. The van der Waals surface area contributed by atoms with Crippen LogP contribution >= 0.6 is 15.9 Å². The number of pyridine rings is 1. The molecule has 0 aromatic carbocycles. The molecule has 0 atom stereocenters. The summed E-state index contributed by atoms with van der Waals surface area (Å²) in [4.78, 5) is 4.22. The smallest absolute Gasteiger partial charge is 0.162 e. The first-order valence-electron chi connectivity index (χ1n) is 4.73. The van der Waals surface area contributed by atoms with Crippen molar-refractivity contribution in [1.29, 1.82) is 5.26 Å². The van der Waals surface area contributed by atoms with E-state index in [1.807, 2.05) is 6.92 Å². The number of nitrogens with zero attached hydrogens (tertiary/aromatic N) is 2. The van der Waals surface area contributed by atoms with Crippen LogP contribution in [0.15, 0.2) is 10.7 Å². The maximum absolute atomic E-state index is 9.09. The van der Waals surface area contributed by atoms with Crippen molar-refractivity contribution in [3.05, 3.63) is 27.5 Å². The first kappa shape index (κ1) is 13.1. The fourth-order valence-corrected chi connectivity index (χ4v) is 1.66. The molecule has 0 saturated carbocycles. The topological polar surface area (TPSA) is 55.1 Å². The highest BCUT2D eigenvalue weighted by atomic mass is 79.9. The van der Waals surface area contributed by atoms with Crippen LogP contribution in [0.2, 0.25) is 0 Å². The quantitative estimate of drug-likeness (QED) is 0.796. The van der Waals surface area contributed by atoms with Crippen molar-refractivity contribution in [1.82, 2.24) is 4.98 Å². The monoisotopic (exact) mass is 284 g/mol. The Morgan fingerprint density at radius 3 is 2.62 bits per heavy atom. The lowest BCUT2D eigenvalue weighted by Gasteiger charge is -2.14. The molecule has 0 fully saturated rings. The van der Waals surface area contributed by atoms with Gasteiger partial charge in [0.15, 0.2) is 6.29 Å². The average molecular weight is 285 g/mol. The zero-order valence-electron chi connectivity index (χ0n) is 9.45. The number of rotatable bonds is 4. The summed E-state index contributed by atoms with van der Waals surface area (Å²) in [5, 5.41) is 9.09. The zero-order chi connectivity index (χ0) is 12.1. The van der Waals surface area contributed by atoms with Gasteiger partial charge in [0, 0.05) is 31.3 Å². The molecule has 1 rings (SSSR count). The number of ether oxygens (including phenoxy) is 2. The molecule has 16 heavy (non-hydrogen) atoms. The normalized spacial score (nSPS) is 10.5. The van der Waals surface area contributed by atoms with E-state index >= 15 is 0 Å². The van der Waals surface area contributed by atoms with Crippen LogP contribution in [0.5, 0.6) is 0 Å². The highest BCUT2D eigenvalue weighted by Crippen LogP contribution is 2.21. The summed E-state index contributed by atoms with van der Waals surface area (Å²) in [6.45, 7) is 1.88. The summed E-state index contributed by atoms with van der Waals surface area (Å²) < 4.78 is 11.0. The predicted molar refractivity (Wildman–Crippen MR) is 62.9 cm³/mol. The third-order valence-corrected chi connectivity index (χ3v) is 3.15. The van der Waals surface area contributed by atoms with E-state index in [9.17, 15) is 0 Å². The largest absolute Gasteiger partial charge is 0.356 e. The van der Waals surface area contributed by atoms with E-state index in [0.717, 1.165) is 10.0 Å². The molecule has 0 N–H and O–H groups in total. The highest BCUT2D eigenvalue weighted by Gasteiger charge is 2.14. The van der Waals surface area contributed by atoms with E-state index in [-0.39, 0.29) is 6.29 Å². The van der Waals surface area contributed by atoms with E-state index in [2.05, 4.69) is 27.0 Å². The minimum atomic E-state index is -0.375. The van der Waals surface area contributed by atoms with Crippen LogP contribution in [0, 0.1) is 18.3 Å². The summed E-state index contributed by atoms with van der Waals surface area (Å²) in [7, 11) is 3.12. The van der Waals surface area contributed by atoms with Gasteiger partial charge < -0.3 is 9.47 Å². The minimum absolute atomic E-state index is 0.375. The van der Waals surface area contributed by atoms with Crippen LogP contribution < -0.4 is 0 Å². The molecule has 1 heterocycles. The third-order valence-electron chi connectivity index (χ3n) is 2.35. The van der Waals surface area contributed by atoms with Crippen LogP contribution in [0.1, 0.15) is 16.8 Å². The number of aromatic nitrogens is 1. The van der Waals surface area contributed by atoms with E-state index < -0.39 is 0 Å². The maximum Gasteiger partial charge on any atom is 0.162 e. The summed E-state index contributed by atoms with van der Waals surface area (Å²) in [5.41, 5.74) is 2.16. The molecular weight excluding hydrogens is 272 g/mol. The second kappa shape index (κ2) is 5.94. The van der Waals surface area contributed by atoms with Gasteiger partial charge in [-0.05, 0) is 28.4 Å². The summed E-state index contributed by atoms with van der Waals surface area (Å²) in [6, 6.07) is 2.15. The lowest BCUT2D eigenvalue weighted by atomic mass is 10.1. The van der Waals surface area contributed by atoms with Crippen LogP contribution in [-0.4, -0.2) is 25.5 Å². The fraction of sp³-hybridized carbons (Fsp3) is 0.455. The van der Waals surface area contributed by atoms with Crippen molar-refractivity contribution < 1.29 is 9.47 Å². The molecule has 0 saturated heterocycles. The Hall–Kier alpha value is -0.960. The number of hydrogen-bond donors (Lipinski definition) is 0. The Morgan fingerprint density at radius 2 is 2.12 bits per heavy atom. The van der Waals surface area contributed by atoms with E-state index in [1.54, 1.807) is 20.4 Å². The Labute approximate surface area is 103 Å². The Kier molecular flexibility index (Phi) is 4.87. The lowest BCUT2D eigenvalue weighted by molar-refractivity contribution is -0.101. The van der Waals surface area contributed by atoms with Gasteiger partial charge in [0.1, 0.15) is 6.07 Å². The molecule has 0 aliphatic heterocycles. The number of hydrogen-bond acceptors (Lipinski definition) is 4. The number of halogens is 1. The molecule has 4 nitrogen and oxygen atoms in total. The van der Waals surface area contributed by atoms with Crippen LogP contribution in [0.4, 0.5) is 0 Å². The second-order valence-corrected chi connectivity index (χ2v) is 4.12. The van der Waals surface area contributed by atoms with Crippen molar-refractivity contribution >= 4 is 15.9 Å². The molecule has 0 radical (unpaired) electrons. The van der Waals surface area contributed by atoms with Gasteiger partial charge in [-0.3, -0.25) is 4.98 Å².